The number of nitrogens with zero attached hydrogens (tertiary/aromatic N) is 2. The monoisotopic (exact) mass is 398 g/mol. The molecule has 0 saturated carbocycles. The standard InChI is InChI=1S/C20H19ClN4O3/c1-25-18(23-19(26)15-5-3-4-6-16(15)21)11-17(24-25)20(27)22-12-13-7-9-14(28-2)10-8-13/h3-11H,12H2,1-2H3,(H,22,27)(H,23,26). The zero-order chi connectivity index (χ0) is 20.1. The van der Waals surface area contributed by atoms with Crippen molar-refractivity contribution in [3.05, 3.63) is 76.4 Å². The second kappa shape index (κ2) is 8.58. The zero-order valence-electron chi connectivity index (χ0n) is 15.4. The number of amides is 2. The molecule has 2 aromatic carbocycles. The van der Waals surface area contributed by atoms with Crippen LogP contribution in [0.2, 0.25) is 5.02 Å². The number of nitrogens with one attached hydrogen (secondary N) is 2. The third-order valence-electron chi connectivity index (χ3n) is 4.08. The molecule has 0 bridgehead atoms. The van der Waals surface area contributed by atoms with E-state index >= 15 is 0 Å². The average molecular weight is 399 g/mol. The lowest BCUT2D eigenvalue weighted by Gasteiger charge is -2.06. The summed E-state index contributed by atoms with van der Waals surface area (Å²) in [6, 6.07) is 15.6. The maximum atomic E-state index is 12.4. The Morgan fingerprint density at radius 3 is 2.50 bits per heavy atom. The van der Waals surface area contributed by atoms with E-state index in [2.05, 4.69) is 15.7 Å². The van der Waals surface area contributed by atoms with Gasteiger partial charge in [-0.15, -0.1) is 0 Å². The molecular formula is C20H19ClN4O3. The summed E-state index contributed by atoms with van der Waals surface area (Å²) in [4.78, 5) is 24.8. The number of carbonyl (C=O) groups is 2. The predicted molar refractivity (Wildman–Crippen MR) is 107 cm³/mol. The van der Waals surface area contributed by atoms with Crippen molar-refractivity contribution in [1.29, 1.82) is 0 Å². The van der Waals surface area contributed by atoms with Gasteiger partial charge in [0.05, 0.1) is 17.7 Å². The van der Waals surface area contributed by atoms with Gasteiger partial charge in [-0.25, -0.2) is 0 Å². The van der Waals surface area contributed by atoms with E-state index < -0.39 is 0 Å². The summed E-state index contributed by atoms with van der Waals surface area (Å²) in [6.07, 6.45) is 0. The zero-order valence-corrected chi connectivity index (χ0v) is 16.2. The average Bonchev–Trinajstić information content (AvgIpc) is 3.07. The lowest BCUT2D eigenvalue weighted by Crippen LogP contribution is -2.23. The summed E-state index contributed by atoms with van der Waals surface area (Å²) >= 11 is 6.04. The molecule has 3 rings (SSSR count). The number of rotatable bonds is 6. The molecule has 0 unspecified atom stereocenters. The number of methoxy groups -OCH3 is 1. The molecule has 1 aromatic heterocycles. The lowest BCUT2D eigenvalue weighted by atomic mass is 10.2. The van der Waals surface area contributed by atoms with Gasteiger partial charge in [0.15, 0.2) is 5.69 Å². The van der Waals surface area contributed by atoms with Crippen LogP contribution in [0.15, 0.2) is 54.6 Å². The normalized spacial score (nSPS) is 10.4. The molecule has 0 atom stereocenters. The van der Waals surface area contributed by atoms with Crippen molar-refractivity contribution in [3.63, 3.8) is 0 Å². The highest BCUT2D eigenvalue weighted by Gasteiger charge is 2.16. The van der Waals surface area contributed by atoms with Crippen LogP contribution in [0.3, 0.4) is 0 Å². The first kappa shape index (κ1) is 19.4. The number of aromatic nitrogens is 2. The molecule has 2 amide bonds. The van der Waals surface area contributed by atoms with Crippen LogP contribution in [0.1, 0.15) is 26.4 Å². The second-order valence-corrected chi connectivity index (χ2v) is 6.41. The van der Waals surface area contributed by atoms with E-state index in [0.29, 0.717) is 22.9 Å². The summed E-state index contributed by atoms with van der Waals surface area (Å²) < 4.78 is 6.54. The molecule has 3 aromatic rings. The number of aryl methyl sites for hydroxylation is 1. The fraction of sp³-hybridized carbons (Fsp3) is 0.150. The molecule has 0 aliphatic rings. The van der Waals surface area contributed by atoms with Gasteiger partial charge in [0.25, 0.3) is 11.8 Å². The van der Waals surface area contributed by atoms with E-state index in [1.807, 2.05) is 24.3 Å². The van der Waals surface area contributed by atoms with Gasteiger partial charge in [0, 0.05) is 19.7 Å². The summed E-state index contributed by atoms with van der Waals surface area (Å²) in [5.74, 6) is 0.418. The van der Waals surface area contributed by atoms with Gasteiger partial charge in [-0.2, -0.15) is 5.10 Å². The summed E-state index contributed by atoms with van der Waals surface area (Å²) in [7, 11) is 3.24. The van der Waals surface area contributed by atoms with Gasteiger partial charge in [-0.05, 0) is 29.8 Å². The number of benzene rings is 2. The number of carbonyl (C=O) groups excluding carboxylic acids is 2. The Kier molecular flexibility index (Phi) is 5.96. The first-order chi connectivity index (χ1) is 13.5. The number of ether oxygens (including phenoxy) is 1. The number of anilines is 1. The van der Waals surface area contributed by atoms with Crippen molar-refractivity contribution >= 4 is 29.2 Å². The van der Waals surface area contributed by atoms with E-state index in [1.54, 1.807) is 38.4 Å². The van der Waals surface area contributed by atoms with Gasteiger partial charge in [-0.1, -0.05) is 35.9 Å². The molecule has 8 heteroatoms. The van der Waals surface area contributed by atoms with E-state index in [4.69, 9.17) is 16.3 Å². The minimum Gasteiger partial charge on any atom is -0.497 e. The van der Waals surface area contributed by atoms with Crippen LogP contribution in [-0.4, -0.2) is 28.7 Å². The van der Waals surface area contributed by atoms with Crippen LogP contribution >= 0.6 is 11.6 Å². The Bertz CT molecular complexity index is 999. The molecule has 0 radical (unpaired) electrons. The van der Waals surface area contributed by atoms with Crippen molar-refractivity contribution in [1.82, 2.24) is 15.1 Å². The quantitative estimate of drug-likeness (QED) is 0.667. The van der Waals surface area contributed by atoms with E-state index in [0.717, 1.165) is 11.3 Å². The third-order valence-corrected chi connectivity index (χ3v) is 4.41. The molecule has 144 valence electrons. The summed E-state index contributed by atoms with van der Waals surface area (Å²) in [6.45, 7) is 0.348. The van der Waals surface area contributed by atoms with Gasteiger partial charge in [0.1, 0.15) is 11.6 Å². The first-order valence-electron chi connectivity index (χ1n) is 8.49. The Morgan fingerprint density at radius 2 is 1.82 bits per heavy atom. The van der Waals surface area contributed by atoms with Crippen LogP contribution in [0.5, 0.6) is 5.75 Å². The van der Waals surface area contributed by atoms with Crippen molar-refractivity contribution in [2.24, 2.45) is 7.05 Å². The minimum absolute atomic E-state index is 0.200. The fourth-order valence-corrected chi connectivity index (χ4v) is 2.76. The van der Waals surface area contributed by atoms with E-state index in [-0.39, 0.29) is 17.5 Å². The van der Waals surface area contributed by atoms with Crippen LogP contribution in [-0.2, 0) is 13.6 Å². The predicted octanol–water partition coefficient (Wildman–Crippen LogP) is 3.26. The molecular weight excluding hydrogens is 380 g/mol. The SMILES string of the molecule is COc1ccc(CNC(=O)c2cc(NC(=O)c3ccccc3Cl)n(C)n2)cc1. The second-order valence-electron chi connectivity index (χ2n) is 6.00. The summed E-state index contributed by atoms with van der Waals surface area (Å²) in [5.41, 5.74) is 1.47. The van der Waals surface area contributed by atoms with E-state index in [9.17, 15) is 9.59 Å². The molecule has 7 nitrogen and oxygen atoms in total. The van der Waals surface area contributed by atoms with Crippen molar-refractivity contribution in [2.45, 2.75) is 6.54 Å². The van der Waals surface area contributed by atoms with Crippen molar-refractivity contribution in [3.8, 4) is 5.75 Å². The van der Waals surface area contributed by atoms with Gasteiger partial charge in [-0.3, -0.25) is 14.3 Å². The molecule has 0 saturated heterocycles. The largest absolute Gasteiger partial charge is 0.497 e. The molecule has 0 aliphatic carbocycles. The van der Waals surface area contributed by atoms with Gasteiger partial charge in [0.2, 0.25) is 0 Å². The minimum atomic E-state index is -0.376. The van der Waals surface area contributed by atoms with Gasteiger partial charge >= 0.3 is 0 Å². The topological polar surface area (TPSA) is 85.3 Å². The Morgan fingerprint density at radius 1 is 1.11 bits per heavy atom. The lowest BCUT2D eigenvalue weighted by molar-refractivity contribution is 0.0944. The Hall–Kier alpha value is -3.32. The smallest absolute Gasteiger partial charge is 0.272 e. The van der Waals surface area contributed by atoms with Crippen LogP contribution in [0, 0.1) is 0 Å². The van der Waals surface area contributed by atoms with Crippen LogP contribution < -0.4 is 15.4 Å². The highest BCUT2D eigenvalue weighted by Crippen LogP contribution is 2.18. The number of hydrogen-bond acceptors (Lipinski definition) is 4. The van der Waals surface area contributed by atoms with E-state index in [1.165, 1.54) is 10.7 Å². The van der Waals surface area contributed by atoms with Crippen LogP contribution in [0.4, 0.5) is 5.82 Å². The highest BCUT2D eigenvalue weighted by molar-refractivity contribution is 6.34. The first-order valence-corrected chi connectivity index (χ1v) is 8.87. The highest BCUT2D eigenvalue weighted by atomic mass is 35.5. The molecule has 2 N–H and O–H groups in total. The number of hydrogen-bond donors (Lipinski definition) is 2. The molecule has 0 aliphatic heterocycles. The van der Waals surface area contributed by atoms with Crippen molar-refractivity contribution < 1.29 is 14.3 Å². The maximum absolute atomic E-state index is 12.4. The van der Waals surface area contributed by atoms with Crippen molar-refractivity contribution in [2.75, 3.05) is 12.4 Å². The molecule has 0 fully saturated rings. The van der Waals surface area contributed by atoms with Crippen LogP contribution in [0.25, 0.3) is 0 Å². The number of halogens is 1. The third kappa shape index (κ3) is 4.50. The Balaban J connectivity index is 1.64. The molecule has 1 heterocycles. The summed E-state index contributed by atoms with van der Waals surface area (Å²) in [5, 5.41) is 10.0. The molecule has 0 spiro atoms. The van der Waals surface area contributed by atoms with Gasteiger partial charge < -0.3 is 15.4 Å². The maximum Gasteiger partial charge on any atom is 0.272 e. The Labute approximate surface area is 167 Å². The molecule has 28 heavy (non-hydrogen) atoms. The fourth-order valence-electron chi connectivity index (χ4n) is 2.54.